The van der Waals surface area contributed by atoms with Crippen LogP contribution in [0.15, 0.2) is 6.20 Å². The van der Waals surface area contributed by atoms with Crippen LogP contribution in [0.2, 0.25) is 0 Å². The van der Waals surface area contributed by atoms with Crippen LogP contribution < -0.4 is 5.32 Å². The van der Waals surface area contributed by atoms with Crippen LogP contribution in [0.5, 0.6) is 0 Å². The van der Waals surface area contributed by atoms with Gasteiger partial charge in [-0.25, -0.2) is 4.98 Å². The first-order valence-electron chi connectivity index (χ1n) is 6.76. The molecular weight excluding hydrogens is 244 g/mol. The number of likely N-dealkylation sites (N-methyl/N-ethyl adjacent to an activating group) is 2. The zero-order chi connectivity index (χ0) is 13.0. The molecule has 1 aromatic rings. The fraction of sp³-hybridized carbons (Fsp3) is 0.769. The first-order valence-corrected chi connectivity index (χ1v) is 7.58. The van der Waals surface area contributed by atoms with Crippen LogP contribution in [0, 0.1) is 0 Å². The predicted molar refractivity (Wildman–Crippen MR) is 78.3 cm³/mol. The summed E-state index contributed by atoms with van der Waals surface area (Å²) >= 11 is 1.77. The normalized spacial score (nSPS) is 20.8. The molecule has 2 heterocycles. The molecule has 1 N–H and O–H groups in total. The monoisotopic (exact) mass is 268 g/mol. The standard InChI is InChI=1S/C13H24N4S/c1-4-14-13-15-8-12(18-13)10-16(2)9-11-6-5-7-17(11)3/h8,11H,4-7,9-10H2,1-3H3,(H,14,15). The number of aromatic nitrogens is 1. The van der Waals surface area contributed by atoms with Gasteiger partial charge in [0, 0.05) is 36.8 Å². The van der Waals surface area contributed by atoms with Crippen LogP contribution in [-0.4, -0.2) is 54.6 Å². The summed E-state index contributed by atoms with van der Waals surface area (Å²) in [5.41, 5.74) is 0. The molecule has 0 bridgehead atoms. The van der Waals surface area contributed by atoms with Crippen LogP contribution in [0.25, 0.3) is 0 Å². The number of rotatable bonds is 6. The van der Waals surface area contributed by atoms with Gasteiger partial charge >= 0.3 is 0 Å². The molecule has 102 valence electrons. The minimum Gasteiger partial charge on any atom is -0.362 e. The van der Waals surface area contributed by atoms with Crippen LogP contribution in [0.4, 0.5) is 5.13 Å². The van der Waals surface area contributed by atoms with Gasteiger partial charge in [-0.3, -0.25) is 4.90 Å². The minimum atomic E-state index is 0.733. The van der Waals surface area contributed by atoms with E-state index < -0.39 is 0 Å². The van der Waals surface area contributed by atoms with E-state index in [1.165, 1.54) is 24.3 Å². The second-order valence-electron chi connectivity index (χ2n) is 5.14. The van der Waals surface area contributed by atoms with Gasteiger partial charge < -0.3 is 10.2 Å². The summed E-state index contributed by atoms with van der Waals surface area (Å²) in [7, 11) is 4.44. The lowest BCUT2D eigenvalue weighted by atomic mass is 10.2. The van der Waals surface area contributed by atoms with E-state index in [9.17, 15) is 0 Å². The Morgan fingerprint density at radius 2 is 2.44 bits per heavy atom. The summed E-state index contributed by atoms with van der Waals surface area (Å²) < 4.78 is 0. The lowest BCUT2D eigenvalue weighted by Crippen LogP contribution is -2.36. The fourth-order valence-corrected chi connectivity index (χ4v) is 3.47. The van der Waals surface area contributed by atoms with Gasteiger partial charge in [-0.1, -0.05) is 0 Å². The number of anilines is 1. The highest BCUT2D eigenvalue weighted by Crippen LogP contribution is 2.20. The third kappa shape index (κ3) is 3.67. The zero-order valence-corrected chi connectivity index (χ0v) is 12.5. The Morgan fingerprint density at radius 3 is 3.11 bits per heavy atom. The highest BCUT2D eigenvalue weighted by atomic mass is 32.1. The van der Waals surface area contributed by atoms with E-state index in [4.69, 9.17) is 0 Å². The third-order valence-electron chi connectivity index (χ3n) is 3.50. The summed E-state index contributed by atoms with van der Waals surface area (Å²) in [6.45, 7) is 6.46. The molecule has 5 heteroatoms. The molecule has 2 rings (SSSR count). The number of nitrogens with one attached hydrogen (secondary N) is 1. The summed E-state index contributed by atoms with van der Waals surface area (Å²) in [4.78, 5) is 10.6. The molecule has 0 amide bonds. The zero-order valence-electron chi connectivity index (χ0n) is 11.6. The van der Waals surface area contributed by atoms with E-state index in [0.717, 1.165) is 30.8 Å². The van der Waals surface area contributed by atoms with Crippen molar-refractivity contribution in [2.45, 2.75) is 32.4 Å². The maximum atomic E-state index is 4.38. The van der Waals surface area contributed by atoms with E-state index in [-0.39, 0.29) is 0 Å². The van der Waals surface area contributed by atoms with Crippen LogP contribution >= 0.6 is 11.3 Å². The molecule has 0 spiro atoms. The Balaban J connectivity index is 1.80. The molecule has 0 aliphatic carbocycles. The van der Waals surface area contributed by atoms with Gasteiger partial charge in [0.2, 0.25) is 0 Å². The van der Waals surface area contributed by atoms with Crippen molar-refractivity contribution in [2.75, 3.05) is 39.0 Å². The average molecular weight is 268 g/mol. The number of hydrogen-bond donors (Lipinski definition) is 1. The van der Waals surface area contributed by atoms with Crippen molar-refractivity contribution in [1.82, 2.24) is 14.8 Å². The van der Waals surface area contributed by atoms with Gasteiger partial charge in [0.25, 0.3) is 0 Å². The quantitative estimate of drug-likeness (QED) is 0.856. The first-order chi connectivity index (χ1) is 8.69. The van der Waals surface area contributed by atoms with Crippen molar-refractivity contribution in [3.8, 4) is 0 Å². The van der Waals surface area contributed by atoms with Gasteiger partial charge in [-0.15, -0.1) is 11.3 Å². The molecule has 1 fully saturated rings. The van der Waals surface area contributed by atoms with Crippen molar-refractivity contribution in [3.05, 3.63) is 11.1 Å². The molecule has 1 atom stereocenters. The molecule has 1 aliphatic rings. The van der Waals surface area contributed by atoms with Gasteiger partial charge in [0.05, 0.1) is 0 Å². The maximum absolute atomic E-state index is 4.38. The van der Waals surface area contributed by atoms with Crippen molar-refractivity contribution in [2.24, 2.45) is 0 Å². The number of nitrogens with zero attached hydrogens (tertiary/aromatic N) is 3. The van der Waals surface area contributed by atoms with Crippen LogP contribution in [-0.2, 0) is 6.54 Å². The fourth-order valence-electron chi connectivity index (χ4n) is 2.51. The highest BCUT2D eigenvalue weighted by Gasteiger charge is 2.22. The SMILES string of the molecule is CCNc1ncc(CN(C)CC2CCCN2C)s1. The summed E-state index contributed by atoms with van der Waals surface area (Å²) in [5, 5.41) is 4.30. The van der Waals surface area contributed by atoms with Crippen molar-refractivity contribution in [1.29, 1.82) is 0 Å². The molecule has 1 aromatic heterocycles. The Bertz CT molecular complexity index is 366. The Kier molecular flexibility index (Phi) is 4.97. The van der Waals surface area contributed by atoms with E-state index >= 15 is 0 Å². The molecular formula is C13H24N4S. The van der Waals surface area contributed by atoms with Crippen molar-refractivity contribution in [3.63, 3.8) is 0 Å². The molecule has 18 heavy (non-hydrogen) atoms. The number of hydrogen-bond acceptors (Lipinski definition) is 5. The molecule has 4 nitrogen and oxygen atoms in total. The van der Waals surface area contributed by atoms with Gasteiger partial charge in [0.15, 0.2) is 5.13 Å². The molecule has 0 radical (unpaired) electrons. The topological polar surface area (TPSA) is 31.4 Å². The largest absolute Gasteiger partial charge is 0.362 e. The average Bonchev–Trinajstić information content (AvgIpc) is 2.90. The Morgan fingerprint density at radius 1 is 1.61 bits per heavy atom. The number of thiazole rings is 1. The maximum Gasteiger partial charge on any atom is 0.182 e. The Labute approximate surface area is 114 Å². The van der Waals surface area contributed by atoms with Crippen LogP contribution in [0.1, 0.15) is 24.6 Å². The summed E-state index contributed by atoms with van der Waals surface area (Å²) in [6, 6.07) is 0.733. The molecule has 1 saturated heterocycles. The van der Waals surface area contributed by atoms with Crippen molar-refractivity contribution < 1.29 is 0 Å². The second kappa shape index (κ2) is 6.50. The Hall–Kier alpha value is -0.650. The highest BCUT2D eigenvalue weighted by molar-refractivity contribution is 7.15. The van der Waals surface area contributed by atoms with E-state index in [0.29, 0.717) is 0 Å². The minimum absolute atomic E-state index is 0.733. The van der Waals surface area contributed by atoms with Crippen molar-refractivity contribution >= 4 is 16.5 Å². The molecule has 1 aliphatic heterocycles. The first kappa shape index (κ1) is 13.8. The molecule has 1 unspecified atom stereocenters. The second-order valence-corrected chi connectivity index (χ2v) is 6.25. The summed E-state index contributed by atoms with van der Waals surface area (Å²) in [5.74, 6) is 0. The smallest absolute Gasteiger partial charge is 0.182 e. The van der Waals surface area contributed by atoms with E-state index in [1.54, 1.807) is 11.3 Å². The van der Waals surface area contributed by atoms with Gasteiger partial charge in [-0.2, -0.15) is 0 Å². The van der Waals surface area contributed by atoms with E-state index in [1.807, 2.05) is 6.20 Å². The lowest BCUT2D eigenvalue weighted by molar-refractivity contribution is 0.216. The predicted octanol–water partition coefficient (Wildman–Crippen LogP) is 2.10. The summed E-state index contributed by atoms with van der Waals surface area (Å²) in [6.07, 6.45) is 4.68. The van der Waals surface area contributed by atoms with Gasteiger partial charge in [-0.05, 0) is 40.4 Å². The molecule has 0 aromatic carbocycles. The third-order valence-corrected chi connectivity index (χ3v) is 4.44. The molecule has 0 saturated carbocycles. The lowest BCUT2D eigenvalue weighted by Gasteiger charge is -2.25. The number of likely N-dealkylation sites (tertiary alicyclic amines) is 1. The van der Waals surface area contributed by atoms with Gasteiger partial charge in [0.1, 0.15) is 0 Å². The van der Waals surface area contributed by atoms with E-state index in [2.05, 4.69) is 41.1 Å². The van der Waals surface area contributed by atoms with Crippen LogP contribution in [0.3, 0.4) is 0 Å².